The predicted molar refractivity (Wildman–Crippen MR) is 123 cm³/mol. The zero-order valence-corrected chi connectivity index (χ0v) is 18.4. The molecule has 1 aliphatic heterocycles. The SMILES string of the molecule is CN1CCCC(C)(C#Cc2cc3ncnc(Nc4cccc(Cl)c4F)c3cc2[N+](=O)[O-])C1. The van der Waals surface area contributed by atoms with Crippen LogP contribution in [0.15, 0.2) is 36.7 Å². The van der Waals surface area contributed by atoms with E-state index in [4.69, 9.17) is 11.6 Å². The fourth-order valence-electron chi connectivity index (χ4n) is 3.98. The van der Waals surface area contributed by atoms with Gasteiger partial charge in [-0.05, 0) is 51.6 Å². The molecule has 9 heteroatoms. The van der Waals surface area contributed by atoms with E-state index in [0.717, 1.165) is 25.9 Å². The van der Waals surface area contributed by atoms with E-state index in [1.165, 1.54) is 24.5 Å². The molecule has 0 amide bonds. The molecule has 0 saturated carbocycles. The van der Waals surface area contributed by atoms with Gasteiger partial charge in [0.2, 0.25) is 0 Å². The molecular formula is C23H21ClFN5O2. The van der Waals surface area contributed by atoms with Crippen LogP contribution in [-0.2, 0) is 0 Å². The molecule has 2 heterocycles. The van der Waals surface area contributed by atoms with Crippen molar-refractivity contribution < 1.29 is 9.31 Å². The quantitative estimate of drug-likeness (QED) is 0.335. The molecule has 1 N–H and O–H groups in total. The Morgan fingerprint density at radius 3 is 2.91 bits per heavy atom. The maximum absolute atomic E-state index is 14.3. The zero-order chi connectivity index (χ0) is 22.9. The number of anilines is 2. The lowest BCUT2D eigenvalue weighted by atomic mass is 9.82. The minimum atomic E-state index is -0.636. The summed E-state index contributed by atoms with van der Waals surface area (Å²) >= 11 is 5.85. The number of halogens is 2. The van der Waals surface area contributed by atoms with Gasteiger partial charge in [-0.3, -0.25) is 10.1 Å². The highest BCUT2D eigenvalue weighted by Gasteiger charge is 2.28. The number of likely N-dealkylation sites (tertiary alicyclic amines) is 1. The average molecular weight is 454 g/mol. The summed E-state index contributed by atoms with van der Waals surface area (Å²) in [5.41, 5.74) is 0.472. The molecule has 2 aromatic carbocycles. The van der Waals surface area contributed by atoms with Gasteiger partial charge in [0.1, 0.15) is 17.7 Å². The van der Waals surface area contributed by atoms with E-state index in [0.29, 0.717) is 10.9 Å². The van der Waals surface area contributed by atoms with Crippen molar-refractivity contribution >= 4 is 39.7 Å². The van der Waals surface area contributed by atoms with Gasteiger partial charge in [0, 0.05) is 23.4 Å². The van der Waals surface area contributed by atoms with E-state index in [2.05, 4.69) is 38.9 Å². The summed E-state index contributed by atoms with van der Waals surface area (Å²) in [7, 11) is 2.05. The van der Waals surface area contributed by atoms with E-state index in [1.54, 1.807) is 12.1 Å². The van der Waals surface area contributed by atoms with Crippen molar-refractivity contribution in [3.63, 3.8) is 0 Å². The van der Waals surface area contributed by atoms with Crippen LogP contribution < -0.4 is 5.32 Å². The molecule has 1 aromatic heterocycles. The Hall–Kier alpha value is -3.28. The molecule has 1 aliphatic rings. The monoisotopic (exact) mass is 453 g/mol. The van der Waals surface area contributed by atoms with Crippen molar-refractivity contribution in [3.05, 3.63) is 63.2 Å². The van der Waals surface area contributed by atoms with E-state index in [1.807, 2.05) is 7.05 Å². The van der Waals surface area contributed by atoms with Crippen LogP contribution in [0.2, 0.25) is 5.02 Å². The first kappa shape index (κ1) is 21.9. The number of hydrogen-bond acceptors (Lipinski definition) is 6. The molecule has 0 bridgehead atoms. The van der Waals surface area contributed by atoms with Gasteiger partial charge in [0.15, 0.2) is 5.82 Å². The number of aromatic nitrogens is 2. The Balaban J connectivity index is 1.77. The van der Waals surface area contributed by atoms with Crippen LogP contribution in [0.25, 0.3) is 10.9 Å². The van der Waals surface area contributed by atoms with E-state index in [9.17, 15) is 14.5 Å². The normalized spacial score (nSPS) is 18.8. The number of fused-ring (bicyclic) bond motifs is 1. The van der Waals surface area contributed by atoms with Crippen LogP contribution in [0.4, 0.5) is 21.6 Å². The number of benzene rings is 2. The Morgan fingerprint density at radius 2 is 2.16 bits per heavy atom. The van der Waals surface area contributed by atoms with E-state index >= 15 is 0 Å². The second-order valence-electron chi connectivity index (χ2n) is 8.24. The number of hydrogen-bond donors (Lipinski definition) is 1. The summed E-state index contributed by atoms with van der Waals surface area (Å²) in [6.07, 6.45) is 3.28. The lowest BCUT2D eigenvalue weighted by molar-refractivity contribution is -0.385. The van der Waals surface area contributed by atoms with Crippen molar-refractivity contribution in [1.82, 2.24) is 14.9 Å². The molecule has 1 atom stereocenters. The zero-order valence-electron chi connectivity index (χ0n) is 17.7. The maximum Gasteiger partial charge on any atom is 0.285 e. The molecule has 1 saturated heterocycles. The standard InChI is InChI=1S/C23H21ClFN5O2/c1-23(8-4-10-29(2)13-23)9-7-15-11-19-16(12-20(15)30(31)32)22(27-14-26-19)28-18-6-3-5-17(24)21(18)25/h3,5-6,11-12,14H,4,8,10,13H2,1-2H3,(H,26,27,28). The maximum atomic E-state index is 14.3. The fraction of sp³-hybridized carbons (Fsp3) is 0.304. The van der Waals surface area contributed by atoms with Gasteiger partial charge in [-0.15, -0.1) is 0 Å². The molecule has 7 nitrogen and oxygen atoms in total. The van der Waals surface area contributed by atoms with Crippen molar-refractivity contribution in [2.75, 3.05) is 25.5 Å². The third kappa shape index (κ3) is 4.49. The molecule has 0 spiro atoms. The predicted octanol–water partition coefficient (Wildman–Crippen LogP) is 5.16. The average Bonchev–Trinajstić information content (AvgIpc) is 2.75. The molecule has 3 aromatic rings. The van der Waals surface area contributed by atoms with Gasteiger partial charge < -0.3 is 10.2 Å². The number of nitrogens with zero attached hydrogens (tertiary/aromatic N) is 4. The van der Waals surface area contributed by atoms with Crippen molar-refractivity contribution in [1.29, 1.82) is 0 Å². The molecular weight excluding hydrogens is 433 g/mol. The minimum absolute atomic E-state index is 0.0428. The van der Waals surface area contributed by atoms with Gasteiger partial charge in [0.25, 0.3) is 5.69 Å². The molecule has 1 unspecified atom stereocenters. The van der Waals surface area contributed by atoms with Gasteiger partial charge in [-0.1, -0.05) is 29.5 Å². The molecule has 0 radical (unpaired) electrons. The summed E-state index contributed by atoms with van der Waals surface area (Å²) in [4.78, 5) is 21.9. The molecule has 1 fully saturated rings. The second kappa shape index (κ2) is 8.69. The van der Waals surface area contributed by atoms with E-state index in [-0.39, 0.29) is 33.2 Å². The highest BCUT2D eigenvalue weighted by atomic mass is 35.5. The molecule has 32 heavy (non-hydrogen) atoms. The van der Waals surface area contributed by atoms with E-state index < -0.39 is 10.7 Å². The second-order valence-corrected chi connectivity index (χ2v) is 8.65. The highest BCUT2D eigenvalue weighted by molar-refractivity contribution is 6.31. The Kier molecular flexibility index (Phi) is 5.96. The Bertz CT molecular complexity index is 1270. The smallest absolute Gasteiger partial charge is 0.285 e. The van der Waals surface area contributed by atoms with Crippen LogP contribution in [0.5, 0.6) is 0 Å². The largest absolute Gasteiger partial charge is 0.337 e. The van der Waals surface area contributed by atoms with Gasteiger partial charge in [-0.25, -0.2) is 14.4 Å². The topological polar surface area (TPSA) is 84.2 Å². The summed E-state index contributed by atoms with van der Waals surface area (Å²) < 4.78 is 14.3. The van der Waals surface area contributed by atoms with Crippen LogP contribution in [0.1, 0.15) is 25.3 Å². The van der Waals surface area contributed by atoms with Crippen LogP contribution in [0.3, 0.4) is 0 Å². The molecule has 164 valence electrons. The summed E-state index contributed by atoms with van der Waals surface area (Å²) in [6, 6.07) is 7.49. The third-order valence-electron chi connectivity index (χ3n) is 5.54. The lowest BCUT2D eigenvalue weighted by Crippen LogP contribution is -2.38. The van der Waals surface area contributed by atoms with Gasteiger partial charge >= 0.3 is 0 Å². The Labute approximate surface area is 189 Å². The first-order valence-electron chi connectivity index (χ1n) is 10.1. The first-order valence-corrected chi connectivity index (χ1v) is 10.5. The number of rotatable bonds is 3. The first-order chi connectivity index (χ1) is 15.3. The van der Waals surface area contributed by atoms with Gasteiger partial charge in [-0.2, -0.15) is 0 Å². The highest BCUT2D eigenvalue weighted by Crippen LogP contribution is 2.32. The lowest BCUT2D eigenvalue weighted by Gasteiger charge is -2.34. The summed E-state index contributed by atoms with van der Waals surface area (Å²) in [6.45, 7) is 3.91. The Morgan fingerprint density at radius 1 is 1.34 bits per heavy atom. The number of nitro groups is 1. The third-order valence-corrected chi connectivity index (χ3v) is 5.83. The number of piperidine rings is 1. The van der Waals surface area contributed by atoms with Crippen LogP contribution in [0, 0.1) is 33.2 Å². The van der Waals surface area contributed by atoms with Crippen molar-refractivity contribution in [2.45, 2.75) is 19.8 Å². The van der Waals surface area contributed by atoms with Gasteiger partial charge in [0.05, 0.1) is 21.2 Å². The fourth-order valence-corrected chi connectivity index (χ4v) is 4.16. The summed E-state index contributed by atoms with van der Waals surface area (Å²) in [5.74, 6) is 5.88. The van der Waals surface area contributed by atoms with Crippen LogP contribution in [-0.4, -0.2) is 39.9 Å². The van der Waals surface area contributed by atoms with Crippen LogP contribution >= 0.6 is 11.6 Å². The summed E-state index contributed by atoms with van der Waals surface area (Å²) in [5, 5.41) is 15.0. The van der Waals surface area contributed by atoms with Crippen molar-refractivity contribution in [3.8, 4) is 11.8 Å². The molecule has 4 rings (SSSR count). The number of nitro benzene ring substituents is 1. The number of nitrogens with one attached hydrogen (secondary N) is 1. The molecule has 0 aliphatic carbocycles. The van der Waals surface area contributed by atoms with Crippen molar-refractivity contribution in [2.24, 2.45) is 5.41 Å². The minimum Gasteiger partial charge on any atom is -0.337 e.